The van der Waals surface area contributed by atoms with Gasteiger partial charge in [0.25, 0.3) is 5.91 Å². The summed E-state index contributed by atoms with van der Waals surface area (Å²) in [6.45, 7) is 6.92. The largest absolute Gasteiger partial charge is 0.481 e. The molecule has 52 heavy (non-hydrogen) atoms. The minimum atomic E-state index is -2.00. The van der Waals surface area contributed by atoms with Gasteiger partial charge in [-0.05, 0) is 92.4 Å². The van der Waals surface area contributed by atoms with E-state index in [-0.39, 0.29) is 19.3 Å². The fourth-order valence-corrected chi connectivity index (χ4v) is 6.44. The number of nitrogens with zero attached hydrogens (tertiary/aromatic N) is 2. The Kier molecular flexibility index (Phi) is 10.6. The maximum absolute atomic E-state index is 14.6. The lowest BCUT2D eigenvalue weighted by Gasteiger charge is -2.37. The van der Waals surface area contributed by atoms with Crippen molar-refractivity contribution < 1.29 is 43.2 Å². The Labute approximate surface area is 301 Å². The lowest BCUT2D eigenvalue weighted by Crippen LogP contribution is -2.50. The van der Waals surface area contributed by atoms with Crippen molar-refractivity contribution in [1.29, 1.82) is 0 Å². The normalized spacial score (nSPS) is 15.0. The maximum Gasteiger partial charge on any atom is 0.313 e. The first-order chi connectivity index (χ1) is 24.9. The number of para-hydroxylation sites is 2. The average molecular weight is 707 g/mol. The Bertz CT molecular complexity index is 2080. The summed E-state index contributed by atoms with van der Waals surface area (Å²) in [7, 11) is 0. The van der Waals surface area contributed by atoms with Crippen LogP contribution in [0.2, 0.25) is 0 Å². The van der Waals surface area contributed by atoms with Gasteiger partial charge in [0, 0.05) is 18.5 Å². The van der Waals surface area contributed by atoms with Gasteiger partial charge in [0.1, 0.15) is 23.1 Å². The fraction of sp³-hybridized carbons (Fsp3) is 0.317. The molecule has 2 heterocycles. The van der Waals surface area contributed by atoms with Crippen molar-refractivity contribution in [2.24, 2.45) is 5.92 Å². The highest BCUT2D eigenvalue weighted by Gasteiger charge is 2.41. The average Bonchev–Trinajstić information content (AvgIpc) is 3.76. The van der Waals surface area contributed by atoms with Gasteiger partial charge in [-0.2, -0.15) is 0 Å². The number of fused-ring (bicyclic) bond motifs is 3. The summed E-state index contributed by atoms with van der Waals surface area (Å²) in [5.41, 5.74) is 2.03. The molecule has 1 aliphatic heterocycles. The van der Waals surface area contributed by atoms with E-state index in [1.807, 2.05) is 97.9 Å². The number of hydrogen-bond acceptors (Lipinski definition) is 9. The number of aliphatic hydroxyl groups excluding tert-OH is 1. The number of esters is 1. The number of oxazole rings is 1. The van der Waals surface area contributed by atoms with E-state index in [0.717, 1.165) is 27.4 Å². The van der Waals surface area contributed by atoms with Gasteiger partial charge in [0.2, 0.25) is 12.7 Å². The van der Waals surface area contributed by atoms with Crippen molar-refractivity contribution in [1.82, 2.24) is 9.88 Å². The SMILES string of the molecule is C[C@H]([C@H](CC=Cc1nc2ccccc2o1)c1ccc2c(c1)OCO2)N(Cc1ccc2ccccc2c1)C(=O)[C@@H](O)[C@H](CC(=O)O)C(=O)OC(C)(C)C. The van der Waals surface area contributed by atoms with Crippen LogP contribution in [-0.4, -0.2) is 62.5 Å². The zero-order valence-corrected chi connectivity index (χ0v) is 29.5. The van der Waals surface area contributed by atoms with Gasteiger partial charge in [0.05, 0.1) is 6.42 Å². The summed E-state index contributed by atoms with van der Waals surface area (Å²) in [6.07, 6.45) is 1.31. The smallest absolute Gasteiger partial charge is 0.313 e. The molecule has 0 bridgehead atoms. The minimum absolute atomic E-state index is 0.0614. The number of carbonyl (C=O) groups excluding carboxylic acids is 2. The molecule has 0 saturated heterocycles. The highest BCUT2D eigenvalue weighted by Crippen LogP contribution is 2.38. The number of allylic oxidation sites excluding steroid dienone is 1. The third-order valence-corrected chi connectivity index (χ3v) is 9.05. The van der Waals surface area contributed by atoms with Crippen LogP contribution in [-0.2, 0) is 25.7 Å². The highest BCUT2D eigenvalue weighted by atomic mass is 16.7. The van der Waals surface area contributed by atoms with Crippen LogP contribution >= 0.6 is 0 Å². The van der Waals surface area contributed by atoms with Crippen molar-refractivity contribution in [2.45, 2.75) is 70.7 Å². The monoisotopic (exact) mass is 706 g/mol. The lowest BCUT2D eigenvalue weighted by molar-refractivity contribution is -0.172. The second-order valence-corrected chi connectivity index (χ2v) is 13.9. The van der Waals surface area contributed by atoms with Crippen LogP contribution in [0.4, 0.5) is 0 Å². The predicted octanol–water partition coefficient (Wildman–Crippen LogP) is 7.11. The summed E-state index contributed by atoms with van der Waals surface area (Å²) in [5, 5.41) is 23.3. The van der Waals surface area contributed by atoms with E-state index in [4.69, 9.17) is 18.6 Å². The summed E-state index contributed by atoms with van der Waals surface area (Å²) >= 11 is 0. The van der Waals surface area contributed by atoms with Gasteiger partial charge in [-0.25, -0.2) is 4.98 Å². The minimum Gasteiger partial charge on any atom is -0.481 e. The molecule has 4 aromatic carbocycles. The molecule has 2 N–H and O–H groups in total. The van der Waals surface area contributed by atoms with E-state index in [2.05, 4.69) is 4.98 Å². The van der Waals surface area contributed by atoms with Crippen LogP contribution in [0.3, 0.4) is 0 Å². The lowest BCUT2D eigenvalue weighted by atomic mass is 9.86. The molecule has 0 saturated carbocycles. The van der Waals surface area contributed by atoms with Crippen molar-refractivity contribution in [2.75, 3.05) is 6.79 Å². The molecule has 5 aromatic rings. The van der Waals surface area contributed by atoms with Gasteiger partial charge in [-0.1, -0.05) is 60.7 Å². The van der Waals surface area contributed by atoms with E-state index in [1.54, 1.807) is 26.8 Å². The molecule has 4 atom stereocenters. The number of carboxylic acid groups (broad SMARTS) is 1. The third-order valence-electron chi connectivity index (χ3n) is 9.05. The van der Waals surface area contributed by atoms with Gasteiger partial charge in [-0.3, -0.25) is 14.4 Å². The Morgan fingerprint density at radius 1 is 0.942 bits per heavy atom. The number of carbonyl (C=O) groups is 3. The summed E-state index contributed by atoms with van der Waals surface area (Å²) in [4.78, 5) is 45.8. The van der Waals surface area contributed by atoms with Gasteiger partial charge in [0.15, 0.2) is 17.1 Å². The fourth-order valence-electron chi connectivity index (χ4n) is 6.44. The molecule has 11 heteroatoms. The van der Waals surface area contributed by atoms with Crippen LogP contribution in [0, 0.1) is 5.92 Å². The Morgan fingerprint density at radius 3 is 2.42 bits per heavy atom. The number of carboxylic acids is 1. The molecule has 0 fully saturated rings. The summed E-state index contributed by atoms with van der Waals surface area (Å²) in [5.74, 6) is -3.55. The van der Waals surface area contributed by atoms with Crippen LogP contribution in [0.1, 0.15) is 63.5 Å². The molecular weight excluding hydrogens is 664 g/mol. The number of amides is 1. The zero-order chi connectivity index (χ0) is 37.0. The van der Waals surface area contributed by atoms with E-state index >= 15 is 0 Å². The first-order valence-electron chi connectivity index (χ1n) is 17.2. The molecule has 0 unspecified atom stereocenters. The second kappa shape index (κ2) is 15.3. The number of aliphatic carboxylic acids is 1. The number of rotatable bonds is 13. The number of hydrogen-bond donors (Lipinski definition) is 2. The Hall–Kier alpha value is -5.68. The summed E-state index contributed by atoms with van der Waals surface area (Å²) < 4.78 is 22.6. The molecule has 270 valence electrons. The molecular formula is C41H42N2O9. The first-order valence-corrected chi connectivity index (χ1v) is 17.2. The van der Waals surface area contributed by atoms with Crippen molar-refractivity contribution in [3.63, 3.8) is 0 Å². The molecule has 11 nitrogen and oxygen atoms in total. The van der Waals surface area contributed by atoms with E-state index in [0.29, 0.717) is 29.4 Å². The third kappa shape index (κ3) is 8.43. The maximum atomic E-state index is 14.6. The van der Waals surface area contributed by atoms with Crippen LogP contribution in [0.15, 0.2) is 95.4 Å². The van der Waals surface area contributed by atoms with Crippen LogP contribution < -0.4 is 9.47 Å². The Morgan fingerprint density at radius 2 is 1.67 bits per heavy atom. The van der Waals surface area contributed by atoms with Crippen LogP contribution in [0.5, 0.6) is 11.5 Å². The number of aliphatic hydroxyl groups is 1. The molecule has 0 aliphatic carbocycles. The van der Waals surface area contributed by atoms with Crippen molar-refractivity contribution in [3.8, 4) is 11.5 Å². The first kappa shape index (κ1) is 36.1. The zero-order valence-electron chi connectivity index (χ0n) is 29.5. The second-order valence-electron chi connectivity index (χ2n) is 13.9. The van der Waals surface area contributed by atoms with Crippen LogP contribution in [0.25, 0.3) is 27.9 Å². The van der Waals surface area contributed by atoms with E-state index < -0.39 is 47.9 Å². The van der Waals surface area contributed by atoms with Gasteiger partial charge in [-0.15, -0.1) is 0 Å². The van der Waals surface area contributed by atoms with E-state index in [9.17, 15) is 24.6 Å². The Balaban J connectivity index is 1.38. The molecule has 1 aliphatic rings. The van der Waals surface area contributed by atoms with Crippen molar-refractivity contribution >= 4 is 45.8 Å². The summed E-state index contributed by atoms with van der Waals surface area (Å²) in [6, 6.07) is 26.1. The predicted molar refractivity (Wildman–Crippen MR) is 195 cm³/mol. The molecule has 6 rings (SSSR count). The quantitative estimate of drug-likeness (QED) is 0.121. The number of benzene rings is 4. The molecule has 0 radical (unpaired) electrons. The van der Waals surface area contributed by atoms with Crippen molar-refractivity contribution in [3.05, 3.63) is 108 Å². The molecule has 0 spiro atoms. The molecule has 1 aromatic heterocycles. The van der Waals surface area contributed by atoms with E-state index in [1.165, 1.54) is 4.90 Å². The standard InChI is InChI=1S/C41H42N2O9/c1-25(30(29-18-19-34-35(21-29)50-24-49-34)12-9-15-36-42-32-13-7-8-14-33(32)51-36)43(23-26-16-17-27-10-5-6-11-28(27)20-26)39(47)38(46)31(22-37(44)45)40(48)52-41(2,3)4/h5-11,13-21,25,30-31,38,46H,12,22-24H2,1-4H3,(H,44,45)/t25-,30+,31+,38+/m1/s1. The van der Waals surface area contributed by atoms with Gasteiger partial charge >= 0.3 is 11.9 Å². The highest BCUT2D eigenvalue weighted by molar-refractivity contribution is 5.90. The number of ether oxygens (including phenoxy) is 3. The molecule has 1 amide bonds. The van der Waals surface area contributed by atoms with Gasteiger partial charge < -0.3 is 33.7 Å². The number of aromatic nitrogens is 1. The topological polar surface area (TPSA) is 149 Å².